The van der Waals surface area contributed by atoms with Gasteiger partial charge in [-0.15, -0.1) is 0 Å². The molecule has 130 valence electrons. The summed E-state index contributed by atoms with van der Waals surface area (Å²) >= 11 is 0. The second-order valence-electron chi connectivity index (χ2n) is 7.80. The van der Waals surface area contributed by atoms with Crippen molar-refractivity contribution in [3.05, 3.63) is 35.4 Å². The summed E-state index contributed by atoms with van der Waals surface area (Å²) in [4.78, 5) is 14.6. The number of benzene rings is 1. The summed E-state index contributed by atoms with van der Waals surface area (Å²) in [6.07, 6.45) is 8.40. The number of nitrogens with one attached hydrogen (secondary N) is 2. The Morgan fingerprint density at radius 1 is 1.04 bits per heavy atom. The van der Waals surface area contributed by atoms with Crippen molar-refractivity contribution in [2.24, 2.45) is 11.8 Å². The number of nitrogens with zero attached hydrogens (tertiary/aromatic N) is 1. The first-order chi connectivity index (χ1) is 11.8. The van der Waals surface area contributed by atoms with E-state index in [1.165, 1.54) is 56.3 Å². The average molecular weight is 327 g/mol. The van der Waals surface area contributed by atoms with Gasteiger partial charge in [0.2, 0.25) is 5.91 Å². The number of fused-ring (bicyclic) bond motifs is 1. The van der Waals surface area contributed by atoms with Crippen molar-refractivity contribution in [1.29, 1.82) is 0 Å². The molecule has 2 N–H and O–H groups in total. The fraction of sp³-hybridized carbons (Fsp3) is 0.650. The van der Waals surface area contributed by atoms with Gasteiger partial charge in [0.25, 0.3) is 0 Å². The van der Waals surface area contributed by atoms with Gasteiger partial charge in [0.1, 0.15) is 0 Å². The van der Waals surface area contributed by atoms with Gasteiger partial charge in [-0.1, -0.05) is 37.1 Å². The predicted molar refractivity (Wildman–Crippen MR) is 95.2 cm³/mol. The molecule has 1 amide bonds. The topological polar surface area (TPSA) is 44.4 Å². The molecule has 24 heavy (non-hydrogen) atoms. The van der Waals surface area contributed by atoms with E-state index in [0.717, 1.165) is 19.4 Å². The van der Waals surface area contributed by atoms with E-state index in [1.807, 2.05) is 0 Å². The Morgan fingerprint density at radius 3 is 2.71 bits per heavy atom. The Kier molecular flexibility index (Phi) is 4.86. The number of hydrazine groups is 1. The lowest BCUT2D eigenvalue weighted by Crippen LogP contribution is -2.60. The van der Waals surface area contributed by atoms with Crippen LogP contribution in [-0.4, -0.2) is 29.9 Å². The van der Waals surface area contributed by atoms with Crippen LogP contribution in [0.25, 0.3) is 0 Å². The Labute approximate surface area is 145 Å². The van der Waals surface area contributed by atoms with Crippen LogP contribution in [0, 0.1) is 11.8 Å². The van der Waals surface area contributed by atoms with Gasteiger partial charge < -0.3 is 0 Å². The lowest BCUT2D eigenvalue weighted by Gasteiger charge is -2.41. The third kappa shape index (κ3) is 3.50. The SMILES string of the molecule is O=C1NNC(Cc2cccc(CN3CCCC3)c2)C2CCCCC12. The van der Waals surface area contributed by atoms with Crippen molar-refractivity contribution in [1.82, 2.24) is 15.8 Å². The maximum atomic E-state index is 12.1. The lowest BCUT2D eigenvalue weighted by atomic mass is 9.72. The van der Waals surface area contributed by atoms with Gasteiger partial charge >= 0.3 is 0 Å². The van der Waals surface area contributed by atoms with Crippen molar-refractivity contribution in [2.45, 2.75) is 57.5 Å². The first kappa shape index (κ1) is 16.1. The van der Waals surface area contributed by atoms with Crippen LogP contribution in [0.5, 0.6) is 0 Å². The maximum Gasteiger partial charge on any atom is 0.237 e. The van der Waals surface area contributed by atoms with Gasteiger partial charge in [-0.2, -0.15) is 0 Å². The second kappa shape index (κ2) is 7.24. The largest absolute Gasteiger partial charge is 0.299 e. The smallest absolute Gasteiger partial charge is 0.237 e. The molecule has 2 heterocycles. The molecule has 2 saturated heterocycles. The Balaban J connectivity index is 1.43. The van der Waals surface area contributed by atoms with Gasteiger partial charge in [0.05, 0.1) is 0 Å². The number of hydrogen-bond acceptors (Lipinski definition) is 3. The van der Waals surface area contributed by atoms with E-state index in [4.69, 9.17) is 0 Å². The van der Waals surface area contributed by atoms with Gasteiger partial charge in [-0.25, -0.2) is 5.43 Å². The molecule has 2 aliphatic heterocycles. The fourth-order valence-electron chi connectivity index (χ4n) is 4.84. The van der Waals surface area contributed by atoms with Crippen LogP contribution in [0.1, 0.15) is 49.7 Å². The number of carbonyl (C=O) groups is 1. The van der Waals surface area contributed by atoms with Crippen LogP contribution in [0.15, 0.2) is 24.3 Å². The molecule has 0 bridgehead atoms. The van der Waals surface area contributed by atoms with E-state index >= 15 is 0 Å². The summed E-state index contributed by atoms with van der Waals surface area (Å²) in [5, 5.41) is 0. The highest BCUT2D eigenvalue weighted by Crippen LogP contribution is 2.35. The zero-order valence-corrected chi connectivity index (χ0v) is 14.5. The molecule has 1 saturated carbocycles. The predicted octanol–water partition coefficient (Wildman–Crippen LogP) is 2.63. The maximum absolute atomic E-state index is 12.1. The van der Waals surface area contributed by atoms with E-state index in [9.17, 15) is 4.79 Å². The van der Waals surface area contributed by atoms with Crippen molar-refractivity contribution in [3.8, 4) is 0 Å². The highest BCUT2D eigenvalue weighted by atomic mass is 16.2. The van der Waals surface area contributed by atoms with Gasteiger partial charge in [-0.3, -0.25) is 15.1 Å². The number of carbonyl (C=O) groups excluding carboxylic acids is 1. The first-order valence-corrected chi connectivity index (χ1v) is 9.65. The monoisotopic (exact) mass is 327 g/mol. The van der Waals surface area contributed by atoms with Crippen LogP contribution in [0.2, 0.25) is 0 Å². The van der Waals surface area contributed by atoms with Crippen molar-refractivity contribution < 1.29 is 4.79 Å². The lowest BCUT2D eigenvalue weighted by molar-refractivity contribution is -0.133. The normalized spacial score (nSPS) is 30.8. The minimum atomic E-state index is 0.207. The molecule has 1 aromatic carbocycles. The van der Waals surface area contributed by atoms with Crippen LogP contribution >= 0.6 is 0 Å². The van der Waals surface area contributed by atoms with Crippen LogP contribution in [0.4, 0.5) is 0 Å². The number of rotatable bonds is 4. The zero-order chi connectivity index (χ0) is 16.4. The molecule has 4 nitrogen and oxygen atoms in total. The standard InChI is InChI=1S/C20H29N3O/c24-20-18-9-2-1-8-17(18)19(21-22-20)13-15-6-5-7-16(12-15)14-23-10-3-4-11-23/h5-7,12,17-19,21H,1-4,8-11,13-14H2,(H,22,24). The van der Waals surface area contributed by atoms with Crippen LogP contribution < -0.4 is 10.9 Å². The van der Waals surface area contributed by atoms with E-state index in [1.54, 1.807) is 0 Å². The Bertz CT molecular complexity index is 582. The average Bonchev–Trinajstić information content (AvgIpc) is 3.11. The summed E-state index contributed by atoms with van der Waals surface area (Å²) in [6.45, 7) is 3.56. The number of amides is 1. The molecule has 0 aromatic heterocycles. The zero-order valence-electron chi connectivity index (χ0n) is 14.5. The third-order valence-corrected chi connectivity index (χ3v) is 6.11. The molecule has 1 aliphatic carbocycles. The molecule has 3 unspecified atom stereocenters. The molecule has 1 aromatic rings. The summed E-state index contributed by atoms with van der Waals surface area (Å²) in [7, 11) is 0. The fourth-order valence-corrected chi connectivity index (χ4v) is 4.84. The third-order valence-electron chi connectivity index (χ3n) is 6.11. The summed E-state index contributed by atoms with van der Waals surface area (Å²) in [5.41, 5.74) is 9.05. The highest BCUT2D eigenvalue weighted by Gasteiger charge is 2.39. The Morgan fingerprint density at radius 2 is 1.83 bits per heavy atom. The molecule has 3 aliphatic rings. The molecule has 3 fully saturated rings. The molecular weight excluding hydrogens is 298 g/mol. The van der Waals surface area contributed by atoms with Gasteiger partial charge in [-0.05, 0) is 62.2 Å². The minimum Gasteiger partial charge on any atom is -0.299 e. The summed E-state index contributed by atoms with van der Waals surface area (Å²) < 4.78 is 0. The molecule has 0 radical (unpaired) electrons. The molecule has 0 spiro atoms. The minimum absolute atomic E-state index is 0.207. The Hall–Kier alpha value is -1.39. The molecule has 3 atom stereocenters. The van der Waals surface area contributed by atoms with E-state index < -0.39 is 0 Å². The highest BCUT2D eigenvalue weighted by molar-refractivity contribution is 5.79. The van der Waals surface area contributed by atoms with E-state index in [2.05, 4.69) is 40.0 Å². The number of hydrogen-bond donors (Lipinski definition) is 2. The summed E-state index contributed by atoms with van der Waals surface area (Å²) in [6, 6.07) is 9.43. The van der Waals surface area contributed by atoms with Crippen LogP contribution in [-0.2, 0) is 17.8 Å². The van der Waals surface area contributed by atoms with Crippen molar-refractivity contribution >= 4 is 5.91 Å². The first-order valence-electron chi connectivity index (χ1n) is 9.65. The quantitative estimate of drug-likeness (QED) is 0.893. The molecule has 4 heteroatoms. The van der Waals surface area contributed by atoms with Gasteiger partial charge in [0.15, 0.2) is 0 Å². The van der Waals surface area contributed by atoms with E-state index in [-0.39, 0.29) is 11.8 Å². The molecule has 4 rings (SSSR count). The molecular formula is C20H29N3O. The van der Waals surface area contributed by atoms with Crippen molar-refractivity contribution in [3.63, 3.8) is 0 Å². The van der Waals surface area contributed by atoms with Gasteiger partial charge in [0, 0.05) is 18.5 Å². The van der Waals surface area contributed by atoms with E-state index in [0.29, 0.717) is 12.0 Å². The van der Waals surface area contributed by atoms with Crippen LogP contribution in [0.3, 0.4) is 0 Å². The number of likely N-dealkylation sites (tertiary alicyclic amines) is 1. The van der Waals surface area contributed by atoms with Crippen molar-refractivity contribution in [2.75, 3.05) is 13.1 Å². The summed E-state index contributed by atoms with van der Waals surface area (Å²) in [5.74, 6) is 0.922. The second-order valence-corrected chi connectivity index (χ2v) is 7.80.